The quantitative estimate of drug-likeness (QED) is 0.785. The van der Waals surface area contributed by atoms with Crippen LogP contribution in [0.3, 0.4) is 0 Å². The van der Waals surface area contributed by atoms with Gasteiger partial charge in [-0.05, 0) is 24.3 Å². The summed E-state index contributed by atoms with van der Waals surface area (Å²) in [7, 11) is 1.60. The predicted octanol–water partition coefficient (Wildman–Crippen LogP) is 2.34. The molecule has 1 aliphatic rings. The van der Waals surface area contributed by atoms with Gasteiger partial charge in [0.2, 0.25) is 0 Å². The molecule has 0 atom stereocenters. The summed E-state index contributed by atoms with van der Waals surface area (Å²) in [5.41, 5.74) is 1.40. The van der Waals surface area contributed by atoms with E-state index in [2.05, 4.69) is 4.90 Å². The third-order valence-corrected chi connectivity index (χ3v) is 4.46. The van der Waals surface area contributed by atoms with Crippen LogP contribution in [-0.4, -0.2) is 61.3 Å². The average Bonchev–Trinajstić information content (AvgIpc) is 2.69. The van der Waals surface area contributed by atoms with Crippen molar-refractivity contribution in [3.63, 3.8) is 0 Å². The number of carbonyl (C=O) groups excluding carboxylic acids is 2. The topological polar surface area (TPSA) is 49.9 Å². The van der Waals surface area contributed by atoms with Gasteiger partial charge >= 0.3 is 0 Å². The molecule has 25 heavy (non-hydrogen) atoms. The highest BCUT2D eigenvalue weighted by Crippen LogP contribution is 2.14. The molecule has 1 aliphatic heterocycles. The number of ether oxygens (including phenoxy) is 1. The Bertz CT molecular complexity index is 720. The molecule has 0 N–H and O–H groups in total. The van der Waals surface area contributed by atoms with Crippen LogP contribution in [-0.2, 0) is 0 Å². The number of carbonyl (C=O) groups is 2. The molecule has 0 saturated carbocycles. The fourth-order valence-electron chi connectivity index (χ4n) is 2.94. The first-order chi connectivity index (χ1) is 12.2. The van der Waals surface area contributed by atoms with Gasteiger partial charge in [0.1, 0.15) is 5.75 Å². The molecule has 1 heterocycles. The number of benzene rings is 2. The van der Waals surface area contributed by atoms with E-state index >= 15 is 0 Å². The molecule has 0 spiro atoms. The minimum Gasteiger partial charge on any atom is -0.497 e. The molecule has 1 fully saturated rings. The first-order valence-corrected chi connectivity index (χ1v) is 8.41. The van der Waals surface area contributed by atoms with Crippen LogP contribution in [0.5, 0.6) is 5.75 Å². The maximum atomic E-state index is 12.5. The van der Waals surface area contributed by atoms with Gasteiger partial charge in [-0.3, -0.25) is 14.5 Å². The van der Waals surface area contributed by atoms with E-state index in [9.17, 15) is 9.59 Å². The van der Waals surface area contributed by atoms with Crippen LogP contribution in [0.2, 0.25) is 0 Å². The largest absolute Gasteiger partial charge is 0.497 e. The molecule has 2 aromatic carbocycles. The molecule has 5 heteroatoms. The highest BCUT2D eigenvalue weighted by molar-refractivity contribution is 5.97. The fraction of sp³-hybridized carbons (Fsp3) is 0.300. The lowest BCUT2D eigenvalue weighted by Crippen LogP contribution is -2.49. The summed E-state index contributed by atoms with van der Waals surface area (Å²) in [6.45, 7) is 3.08. The lowest BCUT2D eigenvalue weighted by atomic mass is 10.1. The van der Waals surface area contributed by atoms with Crippen molar-refractivity contribution in [2.45, 2.75) is 0 Å². The van der Waals surface area contributed by atoms with E-state index in [-0.39, 0.29) is 11.7 Å². The van der Waals surface area contributed by atoms with Crippen molar-refractivity contribution in [3.8, 4) is 5.75 Å². The molecule has 0 radical (unpaired) electrons. The molecule has 3 rings (SSSR count). The van der Waals surface area contributed by atoms with Crippen molar-refractivity contribution in [2.24, 2.45) is 0 Å². The summed E-state index contributed by atoms with van der Waals surface area (Å²) in [6.07, 6.45) is 0. The zero-order valence-electron chi connectivity index (χ0n) is 14.4. The minimum absolute atomic E-state index is 0.0247. The van der Waals surface area contributed by atoms with Gasteiger partial charge in [0.05, 0.1) is 13.7 Å². The second-order valence-electron chi connectivity index (χ2n) is 6.09. The smallest absolute Gasteiger partial charge is 0.253 e. The van der Waals surface area contributed by atoms with Gasteiger partial charge in [0.25, 0.3) is 5.91 Å². The Balaban J connectivity index is 1.52. The van der Waals surface area contributed by atoms with Crippen LogP contribution in [0.15, 0.2) is 54.6 Å². The van der Waals surface area contributed by atoms with E-state index in [1.807, 2.05) is 35.2 Å². The minimum atomic E-state index is 0.0247. The first-order valence-electron chi connectivity index (χ1n) is 8.41. The van der Waals surface area contributed by atoms with E-state index < -0.39 is 0 Å². The van der Waals surface area contributed by atoms with Crippen LogP contribution in [0.4, 0.5) is 0 Å². The molecule has 1 saturated heterocycles. The van der Waals surface area contributed by atoms with E-state index in [1.54, 1.807) is 31.4 Å². The van der Waals surface area contributed by atoms with Gasteiger partial charge < -0.3 is 9.64 Å². The standard InChI is InChI=1S/C20H22N2O3/c1-25-18-9-7-17(8-10-18)20(24)22-13-11-21(12-14-22)15-19(23)16-5-3-2-4-6-16/h2-10H,11-15H2,1H3. The Morgan fingerprint density at radius 1 is 0.880 bits per heavy atom. The van der Waals surface area contributed by atoms with Crippen molar-refractivity contribution >= 4 is 11.7 Å². The monoisotopic (exact) mass is 338 g/mol. The number of hydrogen-bond donors (Lipinski definition) is 0. The van der Waals surface area contributed by atoms with Crippen LogP contribution in [0, 0.1) is 0 Å². The van der Waals surface area contributed by atoms with Crippen LogP contribution >= 0.6 is 0 Å². The Kier molecular flexibility index (Phi) is 5.46. The third-order valence-electron chi connectivity index (χ3n) is 4.46. The van der Waals surface area contributed by atoms with E-state index in [0.717, 1.165) is 11.3 Å². The zero-order valence-corrected chi connectivity index (χ0v) is 14.4. The van der Waals surface area contributed by atoms with E-state index in [0.29, 0.717) is 38.3 Å². The molecule has 130 valence electrons. The average molecular weight is 338 g/mol. The fourth-order valence-corrected chi connectivity index (χ4v) is 2.94. The van der Waals surface area contributed by atoms with Crippen molar-refractivity contribution < 1.29 is 14.3 Å². The second-order valence-corrected chi connectivity index (χ2v) is 6.09. The predicted molar refractivity (Wildman–Crippen MR) is 96.1 cm³/mol. The summed E-state index contributed by atoms with van der Waals surface area (Å²) in [4.78, 5) is 28.8. The Hall–Kier alpha value is -2.66. The highest BCUT2D eigenvalue weighted by atomic mass is 16.5. The normalized spacial score (nSPS) is 15.0. The molecule has 0 bridgehead atoms. The molecule has 0 unspecified atom stereocenters. The number of piperazine rings is 1. The van der Waals surface area contributed by atoms with Crippen LogP contribution in [0.1, 0.15) is 20.7 Å². The van der Waals surface area contributed by atoms with E-state index in [4.69, 9.17) is 4.74 Å². The summed E-state index contributed by atoms with van der Waals surface area (Å²) in [6, 6.07) is 16.5. The first kappa shape index (κ1) is 17.2. The van der Waals surface area contributed by atoms with Crippen LogP contribution in [0.25, 0.3) is 0 Å². The number of amides is 1. The lowest BCUT2D eigenvalue weighted by Gasteiger charge is -2.34. The maximum absolute atomic E-state index is 12.5. The third kappa shape index (κ3) is 4.25. The number of hydrogen-bond acceptors (Lipinski definition) is 4. The molecule has 0 aliphatic carbocycles. The molecular weight excluding hydrogens is 316 g/mol. The van der Waals surface area contributed by atoms with Gasteiger partial charge in [-0.15, -0.1) is 0 Å². The van der Waals surface area contributed by atoms with E-state index in [1.165, 1.54) is 0 Å². The Labute approximate surface area is 147 Å². The number of Topliss-reactive ketones (excluding diaryl/α,β-unsaturated/α-hetero) is 1. The number of rotatable bonds is 5. The molecule has 0 aromatic heterocycles. The maximum Gasteiger partial charge on any atom is 0.253 e. The summed E-state index contributed by atoms with van der Waals surface area (Å²) in [5.74, 6) is 0.882. The summed E-state index contributed by atoms with van der Waals surface area (Å²) >= 11 is 0. The molecular formula is C20H22N2O3. The number of ketones is 1. The number of methoxy groups -OCH3 is 1. The van der Waals surface area contributed by atoms with Crippen molar-refractivity contribution in [1.82, 2.24) is 9.80 Å². The summed E-state index contributed by atoms with van der Waals surface area (Å²) < 4.78 is 5.12. The van der Waals surface area contributed by atoms with Gasteiger partial charge in [-0.2, -0.15) is 0 Å². The van der Waals surface area contributed by atoms with Crippen molar-refractivity contribution in [3.05, 3.63) is 65.7 Å². The van der Waals surface area contributed by atoms with Crippen LogP contribution < -0.4 is 4.74 Å². The molecule has 2 aromatic rings. The Morgan fingerprint density at radius 3 is 2.12 bits per heavy atom. The number of nitrogens with zero attached hydrogens (tertiary/aromatic N) is 2. The Morgan fingerprint density at radius 2 is 1.52 bits per heavy atom. The van der Waals surface area contributed by atoms with Gasteiger partial charge in [0, 0.05) is 37.3 Å². The molecule has 1 amide bonds. The van der Waals surface area contributed by atoms with Gasteiger partial charge in [-0.1, -0.05) is 30.3 Å². The highest BCUT2D eigenvalue weighted by Gasteiger charge is 2.23. The van der Waals surface area contributed by atoms with Crippen molar-refractivity contribution in [2.75, 3.05) is 39.8 Å². The summed E-state index contributed by atoms with van der Waals surface area (Å²) in [5, 5.41) is 0. The SMILES string of the molecule is COc1ccc(C(=O)N2CCN(CC(=O)c3ccccc3)CC2)cc1. The zero-order chi connectivity index (χ0) is 17.6. The molecule has 5 nitrogen and oxygen atoms in total. The second kappa shape index (κ2) is 7.94. The van der Waals surface area contributed by atoms with Crippen molar-refractivity contribution in [1.29, 1.82) is 0 Å². The van der Waals surface area contributed by atoms with Gasteiger partial charge in [-0.25, -0.2) is 0 Å². The lowest BCUT2D eigenvalue weighted by molar-refractivity contribution is 0.0624. The van der Waals surface area contributed by atoms with Gasteiger partial charge in [0.15, 0.2) is 5.78 Å².